The van der Waals surface area contributed by atoms with Gasteiger partial charge in [-0.1, -0.05) is 0 Å². The summed E-state index contributed by atoms with van der Waals surface area (Å²) in [5.74, 6) is 0.319. The lowest BCUT2D eigenvalue weighted by molar-refractivity contribution is 0.102. The van der Waals surface area contributed by atoms with Gasteiger partial charge in [0.1, 0.15) is 11.5 Å². The topological polar surface area (TPSA) is 71.5 Å². The van der Waals surface area contributed by atoms with Crippen molar-refractivity contribution >= 4 is 11.6 Å². The fourth-order valence-electron chi connectivity index (χ4n) is 1.66. The van der Waals surface area contributed by atoms with Crippen LogP contribution in [0.4, 0.5) is 5.69 Å². The maximum Gasteiger partial charge on any atom is 0.259 e. The Hall–Kier alpha value is -2.56. The van der Waals surface area contributed by atoms with E-state index in [1.807, 2.05) is 0 Å². The first kappa shape index (κ1) is 12.9. The predicted octanol–water partition coefficient (Wildman–Crippen LogP) is 2.36. The number of phenolic OH excluding ortho intramolecular Hbond substituents is 1. The van der Waals surface area contributed by atoms with Gasteiger partial charge in [-0.2, -0.15) is 0 Å². The zero-order valence-electron chi connectivity index (χ0n) is 10.7. The van der Waals surface area contributed by atoms with Crippen LogP contribution in [0.5, 0.6) is 11.5 Å². The highest BCUT2D eigenvalue weighted by Crippen LogP contribution is 2.22. The average Bonchev–Trinajstić information content (AvgIpc) is 2.43. The third kappa shape index (κ3) is 2.82. The number of aromatic nitrogens is 1. The van der Waals surface area contributed by atoms with E-state index in [0.29, 0.717) is 22.6 Å². The van der Waals surface area contributed by atoms with Gasteiger partial charge in [0.25, 0.3) is 5.91 Å². The van der Waals surface area contributed by atoms with E-state index in [1.54, 1.807) is 25.1 Å². The summed E-state index contributed by atoms with van der Waals surface area (Å²) in [5.41, 5.74) is 1.71. The molecule has 0 unspecified atom stereocenters. The Bertz CT molecular complexity index is 611. The number of nitrogens with one attached hydrogen (secondary N) is 1. The molecule has 0 fully saturated rings. The van der Waals surface area contributed by atoms with Crippen LogP contribution in [0.25, 0.3) is 0 Å². The van der Waals surface area contributed by atoms with Crippen molar-refractivity contribution in [3.8, 4) is 11.5 Å². The zero-order valence-corrected chi connectivity index (χ0v) is 10.7. The van der Waals surface area contributed by atoms with Gasteiger partial charge in [0, 0.05) is 11.9 Å². The molecule has 2 N–H and O–H groups in total. The Morgan fingerprint density at radius 3 is 2.84 bits per heavy atom. The van der Waals surface area contributed by atoms with Crippen LogP contribution in [-0.4, -0.2) is 23.1 Å². The fraction of sp³-hybridized carbons (Fsp3) is 0.143. The van der Waals surface area contributed by atoms with Crippen LogP contribution in [0.15, 0.2) is 36.7 Å². The molecule has 1 aromatic carbocycles. The number of nitrogens with zero attached hydrogens (tertiary/aromatic N) is 1. The van der Waals surface area contributed by atoms with Crippen LogP contribution in [0.3, 0.4) is 0 Å². The number of methoxy groups -OCH3 is 1. The van der Waals surface area contributed by atoms with Crippen LogP contribution in [0.1, 0.15) is 15.9 Å². The SMILES string of the molecule is COc1cnccc1C(=O)Nc1ccc(O)c(C)c1. The summed E-state index contributed by atoms with van der Waals surface area (Å²) in [6, 6.07) is 6.45. The number of aryl methyl sites for hydroxylation is 1. The zero-order chi connectivity index (χ0) is 13.8. The predicted molar refractivity (Wildman–Crippen MR) is 71.6 cm³/mol. The van der Waals surface area contributed by atoms with Crippen molar-refractivity contribution in [1.29, 1.82) is 0 Å². The number of rotatable bonds is 3. The van der Waals surface area contributed by atoms with Crippen molar-refractivity contribution in [3.63, 3.8) is 0 Å². The molecule has 0 saturated carbocycles. The van der Waals surface area contributed by atoms with Gasteiger partial charge in [-0.25, -0.2) is 0 Å². The fourth-order valence-corrected chi connectivity index (χ4v) is 1.66. The summed E-state index contributed by atoms with van der Waals surface area (Å²) in [6.07, 6.45) is 3.01. The first-order chi connectivity index (χ1) is 9.11. The molecule has 0 atom stereocenters. The summed E-state index contributed by atoms with van der Waals surface area (Å²) in [4.78, 5) is 16.0. The molecule has 1 heterocycles. The number of amides is 1. The third-order valence-electron chi connectivity index (χ3n) is 2.70. The largest absolute Gasteiger partial charge is 0.508 e. The number of aromatic hydroxyl groups is 1. The van der Waals surface area contributed by atoms with Gasteiger partial charge in [-0.15, -0.1) is 0 Å². The molecule has 0 aliphatic heterocycles. The lowest BCUT2D eigenvalue weighted by Gasteiger charge is -2.09. The molecule has 0 bridgehead atoms. The monoisotopic (exact) mass is 258 g/mol. The second kappa shape index (κ2) is 5.39. The van der Waals surface area contributed by atoms with Crippen LogP contribution in [-0.2, 0) is 0 Å². The van der Waals surface area contributed by atoms with Crippen molar-refractivity contribution in [3.05, 3.63) is 47.8 Å². The number of hydrogen-bond acceptors (Lipinski definition) is 4. The molecule has 2 aromatic rings. The van der Waals surface area contributed by atoms with E-state index < -0.39 is 0 Å². The number of hydrogen-bond donors (Lipinski definition) is 2. The van der Waals surface area contributed by atoms with Gasteiger partial charge in [0.05, 0.1) is 18.9 Å². The molecule has 1 amide bonds. The molecule has 2 rings (SSSR count). The molecule has 5 nitrogen and oxygen atoms in total. The van der Waals surface area contributed by atoms with E-state index in [-0.39, 0.29) is 11.7 Å². The van der Waals surface area contributed by atoms with Gasteiger partial charge in [-0.3, -0.25) is 9.78 Å². The van der Waals surface area contributed by atoms with Gasteiger partial charge >= 0.3 is 0 Å². The van der Waals surface area contributed by atoms with Crippen molar-refractivity contribution < 1.29 is 14.6 Å². The first-order valence-corrected chi connectivity index (χ1v) is 5.71. The quantitative estimate of drug-likeness (QED) is 0.829. The highest BCUT2D eigenvalue weighted by Gasteiger charge is 2.12. The summed E-state index contributed by atoms with van der Waals surface area (Å²) >= 11 is 0. The van der Waals surface area contributed by atoms with E-state index in [2.05, 4.69) is 10.3 Å². The van der Waals surface area contributed by atoms with E-state index in [4.69, 9.17) is 4.74 Å². The standard InChI is InChI=1S/C14H14N2O3/c1-9-7-10(3-4-12(9)17)16-14(18)11-5-6-15-8-13(11)19-2/h3-8,17H,1-2H3,(H,16,18). The normalized spacial score (nSPS) is 10.0. The van der Waals surface area contributed by atoms with Crippen LogP contribution >= 0.6 is 0 Å². The number of anilines is 1. The van der Waals surface area contributed by atoms with Crippen molar-refractivity contribution in [2.45, 2.75) is 6.92 Å². The Morgan fingerprint density at radius 2 is 2.16 bits per heavy atom. The summed E-state index contributed by atoms with van der Waals surface area (Å²) in [7, 11) is 1.48. The molecular weight excluding hydrogens is 244 g/mol. The van der Waals surface area contributed by atoms with Gasteiger partial charge < -0.3 is 15.2 Å². The lowest BCUT2D eigenvalue weighted by atomic mass is 10.2. The first-order valence-electron chi connectivity index (χ1n) is 5.71. The Balaban J connectivity index is 2.23. The van der Waals surface area contributed by atoms with Crippen LogP contribution < -0.4 is 10.1 Å². The molecule has 0 radical (unpaired) electrons. The number of phenols is 1. The van der Waals surface area contributed by atoms with Crippen LogP contribution in [0, 0.1) is 6.92 Å². The maximum atomic E-state index is 12.1. The summed E-state index contributed by atoms with van der Waals surface area (Å²) in [5, 5.41) is 12.2. The second-order valence-corrected chi connectivity index (χ2v) is 4.03. The molecule has 19 heavy (non-hydrogen) atoms. The van der Waals surface area contributed by atoms with Crippen molar-refractivity contribution in [1.82, 2.24) is 4.98 Å². The molecular formula is C14H14N2O3. The summed E-state index contributed by atoms with van der Waals surface area (Å²) in [6.45, 7) is 1.76. The Kier molecular flexibility index (Phi) is 3.66. The molecule has 0 aliphatic rings. The van der Waals surface area contributed by atoms with E-state index in [1.165, 1.54) is 25.6 Å². The van der Waals surface area contributed by atoms with E-state index in [9.17, 15) is 9.90 Å². The number of carbonyl (C=O) groups is 1. The minimum atomic E-state index is -0.288. The molecule has 0 aliphatic carbocycles. The van der Waals surface area contributed by atoms with E-state index >= 15 is 0 Å². The maximum absolute atomic E-state index is 12.1. The number of pyridine rings is 1. The Labute approximate surface area is 110 Å². The number of benzene rings is 1. The molecule has 98 valence electrons. The minimum Gasteiger partial charge on any atom is -0.508 e. The van der Waals surface area contributed by atoms with Crippen LogP contribution in [0.2, 0.25) is 0 Å². The van der Waals surface area contributed by atoms with Crippen molar-refractivity contribution in [2.24, 2.45) is 0 Å². The second-order valence-electron chi connectivity index (χ2n) is 4.03. The molecule has 0 saturated heterocycles. The molecule has 5 heteroatoms. The molecule has 1 aromatic heterocycles. The van der Waals surface area contributed by atoms with Gasteiger partial charge in [0.15, 0.2) is 0 Å². The third-order valence-corrected chi connectivity index (χ3v) is 2.70. The Morgan fingerprint density at radius 1 is 1.37 bits per heavy atom. The minimum absolute atomic E-state index is 0.194. The highest BCUT2D eigenvalue weighted by molar-refractivity contribution is 6.06. The summed E-state index contributed by atoms with van der Waals surface area (Å²) < 4.78 is 5.08. The van der Waals surface area contributed by atoms with Crippen molar-refractivity contribution in [2.75, 3.05) is 12.4 Å². The average molecular weight is 258 g/mol. The van der Waals surface area contributed by atoms with E-state index in [0.717, 1.165) is 0 Å². The smallest absolute Gasteiger partial charge is 0.259 e. The number of ether oxygens (including phenoxy) is 1. The number of carbonyl (C=O) groups excluding carboxylic acids is 1. The highest BCUT2D eigenvalue weighted by atomic mass is 16.5. The van der Waals surface area contributed by atoms with Gasteiger partial charge in [0.2, 0.25) is 0 Å². The lowest BCUT2D eigenvalue weighted by Crippen LogP contribution is -2.13. The molecule has 0 spiro atoms. The van der Waals surface area contributed by atoms with Gasteiger partial charge in [-0.05, 0) is 36.8 Å².